The molecule has 0 radical (unpaired) electrons. The number of rotatable bonds is 2. The first-order valence-electron chi connectivity index (χ1n) is 6.25. The van der Waals surface area contributed by atoms with Crippen molar-refractivity contribution in [1.29, 1.82) is 0 Å². The first-order valence-corrected chi connectivity index (χ1v) is 6.25. The number of amides is 1. The molecule has 2 atom stereocenters. The van der Waals surface area contributed by atoms with E-state index in [0.29, 0.717) is 19.4 Å². The quantitative estimate of drug-likeness (QED) is 0.743. The van der Waals surface area contributed by atoms with Crippen molar-refractivity contribution in [2.24, 2.45) is 11.8 Å². The van der Waals surface area contributed by atoms with Crippen LogP contribution in [0.15, 0.2) is 11.6 Å². The molecule has 0 aromatic rings. The van der Waals surface area contributed by atoms with Gasteiger partial charge in [-0.15, -0.1) is 0 Å². The van der Waals surface area contributed by atoms with Gasteiger partial charge in [-0.25, -0.2) is 0 Å². The Morgan fingerprint density at radius 1 is 1.35 bits per heavy atom. The molecule has 0 bridgehead atoms. The fraction of sp³-hybridized carbons (Fsp3) is 0.692. The van der Waals surface area contributed by atoms with Gasteiger partial charge in [0.2, 0.25) is 5.91 Å². The number of nitrogens with zero attached hydrogens (tertiary/aromatic N) is 1. The lowest BCUT2D eigenvalue weighted by atomic mass is 10.0. The Morgan fingerprint density at radius 2 is 2.06 bits per heavy atom. The van der Waals surface area contributed by atoms with Crippen LogP contribution in [0, 0.1) is 11.8 Å². The van der Waals surface area contributed by atoms with Crippen molar-refractivity contribution in [3.8, 4) is 0 Å². The fourth-order valence-electron chi connectivity index (χ4n) is 2.66. The molecule has 4 nitrogen and oxygen atoms in total. The Bertz CT molecular complexity index is 362. The summed E-state index contributed by atoms with van der Waals surface area (Å²) in [6.45, 7) is 3.56. The summed E-state index contributed by atoms with van der Waals surface area (Å²) in [5.74, 6) is -0.985. The van der Waals surface area contributed by atoms with Crippen LogP contribution in [0.5, 0.6) is 0 Å². The molecule has 2 aliphatic rings. The lowest BCUT2D eigenvalue weighted by molar-refractivity contribution is -0.141. The average molecular weight is 237 g/mol. The molecule has 1 N–H and O–H groups in total. The zero-order chi connectivity index (χ0) is 12.4. The monoisotopic (exact) mass is 237 g/mol. The summed E-state index contributed by atoms with van der Waals surface area (Å²) in [6, 6.07) is 0. The highest BCUT2D eigenvalue weighted by molar-refractivity contribution is 5.81. The predicted molar refractivity (Wildman–Crippen MR) is 63.4 cm³/mol. The van der Waals surface area contributed by atoms with Crippen LogP contribution in [-0.2, 0) is 9.59 Å². The van der Waals surface area contributed by atoms with E-state index in [0.717, 1.165) is 19.4 Å². The van der Waals surface area contributed by atoms with Crippen LogP contribution in [0.3, 0.4) is 0 Å². The molecule has 0 aromatic heterocycles. The topological polar surface area (TPSA) is 57.6 Å². The van der Waals surface area contributed by atoms with Crippen molar-refractivity contribution in [1.82, 2.24) is 4.90 Å². The van der Waals surface area contributed by atoms with Gasteiger partial charge in [0.25, 0.3) is 0 Å². The molecule has 94 valence electrons. The molecule has 1 aliphatic heterocycles. The van der Waals surface area contributed by atoms with E-state index in [1.807, 2.05) is 4.90 Å². The van der Waals surface area contributed by atoms with E-state index >= 15 is 0 Å². The lowest BCUT2D eigenvalue weighted by Gasteiger charge is -2.28. The van der Waals surface area contributed by atoms with Crippen molar-refractivity contribution < 1.29 is 14.7 Å². The number of carboxylic acid groups (broad SMARTS) is 1. The summed E-state index contributed by atoms with van der Waals surface area (Å²) in [5.41, 5.74) is 1.34. The molecule has 1 amide bonds. The van der Waals surface area contributed by atoms with Crippen LogP contribution >= 0.6 is 0 Å². The Labute approximate surface area is 101 Å². The van der Waals surface area contributed by atoms with Gasteiger partial charge >= 0.3 is 5.97 Å². The molecular formula is C13H19NO3. The maximum Gasteiger partial charge on any atom is 0.306 e. The van der Waals surface area contributed by atoms with E-state index in [1.165, 1.54) is 5.57 Å². The molecule has 0 unspecified atom stereocenters. The van der Waals surface area contributed by atoms with E-state index in [9.17, 15) is 9.59 Å². The molecule has 1 heterocycles. The zero-order valence-corrected chi connectivity index (χ0v) is 10.2. The molecule has 1 fully saturated rings. The van der Waals surface area contributed by atoms with Gasteiger partial charge in [0.15, 0.2) is 0 Å². The van der Waals surface area contributed by atoms with E-state index in [-0.39, 0.29) is 17.7 Å². The Hall–Kier alpha value is -1.32. The normalized spacial score (nSPS) is 29.0. The molecule has 1 aliphatic carbocycles. The fourth-order valence-corrected chi connectivity index (χ4v) is 2.66. The maximum atomic E-state index is 12.2. The van der Waals surface area contributed by atoms with Gasteiger partial charge in [-0.1, -0.05) is 11.6 Å². The number of carbonyl (C=O) groups excluding carboxylic acids is 1. The van der Waals surface area contributed by atoms with Crippen LogP contribution in [0.25, 0.3) is 0 Å². The predicted octanol–water partition coefficient (Wildman–Crippen LogP) is 1.67. The molecule has 17 heavy (non-hydrogen) atoms. The number of hydrogen-bond acceptors (Lipinski definition) is 2. The van der Waals surface area contributed by atoms with Crippen molar-refractivity contribution in [3.63, 3.8) is 0 Å². The van der Waals surface area contributed by atoms with Gasteiger partial charge in [0.1, 0.15) is 0 Å². The van der Waals surface area contributed by atoms with Crippen molar-refractivity contribution in [2.75, 3.05) is 13.1 Å². The van der Waals surface area contributed by atoms with Crippen LogP contribution in [0.1, 0.15) is 32.6 Å². The van der Waals surface area contributed by atoms with Gasteiger partial charge in [0.05, 0.1) is 5.92 Å². The summed E-state index contributed by atoms with van der Waals surface area (Å²) in [5, 5.41) is 8.92. The SMILES string of the molecule is CC1=CCN(C(=O)[C@@H]2CC[C@H](C(=O)O)C2)CC1. The first-order chi connectivity index (χ1) is 8.08. The first kappa shape index (κ1) is 12.1. The molecular weight excluding hydrogens is 218 g/mol. The largest absolute Gasteiger partial charge is 0.481 e. The third-order valence-corrected chi connectivity index (χ3v) is 3.88. The van der Waals surface area contributed by atoms with Crippen LogP contribution in [-0.4, -0.2) is 35.0 Å². The summed E-state index contributed by atoms with van der Waals surface area (Å²) >= 11 is 0. The van der Waals surface area contributed by atoms with E-state index in [2.05, 4.69) is 13.0 Å². The smallest absolute Gasteiger partial charge is 0.306 e. The summed E-state index contributed by atoms with van der Waals surface area (Å²) in [6.07, 6.45) is 4.93. The number of carbonyl (C=O) groups is 2. The van der Waals surface area contributed by atoms with Gasteiger partial charge < -0.3 is 10.0 Å². The van der Waals surface area contributed by atoms with Crippen LogP contribution in [0.4, 0.5) is 0 Å². The average Bonchev–Trinajstić information content (AvgIpc) is 2.78. The summed E-state index contributed by atoms with van der Waals surface area (Å²) in [4.78, 5) is 24.9. The lowest BCUT2D eigenvalue weighted by Crippen LogP contribution is -2.38. The zero-order valence-electron chi connectivity index (χ0n) is 10.2. The minimum atomic E-state index is -0.755. The standard InChI is InChI=1S/C13H19NO3/c1-9-4-6-14(7-5-9)12(15)10-2-3-11(8-10)13(16)17/h4,10-11H,2-3,5-8H2,1H3,(H,16,17)/t10-,11+/m1/s1. The minimum absolute atomic E-state index is 0.0668. The van der Waals surface area contributed by atoms with Crippen LogP contribution < -0.4 is 0 Å². The van der Waals surface area contributed by atoms with E-state index in [1.54, 1.807) is 0 Å². The molecule has 0 saturated heterocycles. The summed E-state index contributed by atoms with van der Waals surface area (Å²) in [7, 11) is 0. The highest BCUT2D eigenvalue weighted by Gasteiger charge is 2.35. The van der Waals surface area contributed by atoms with E-state index < -0.39 is 5.97 Å². The second-order valence-corrected chi connectivity index (χ2v) is 5.13. The van der Waals surface area contributed by atoms with Gasteiger partial charge in [-0.2, -0.15) is 0 Å². The molecule has 4 heteroatoms. The second-order valence-electron chi connectivity index (χ2n) is 5.13. The third kappa shape index (κ3) is 2.68. The van der Waals surface area contributed by atoms with Crippen molar-refractivity contribution in [3.05, 3.63) is 11.6 Å². The Morgan fingerprint density at radius 3 is 2.59 bits per heavy atom. The third-order valence-electron chi connectivity index (χ3n) is 3.88. The number of aliphatic carboxylic acids is 1. The molecule has 0 spiro atoms. The highest BCUT2D eigenvalue weighted by atomic mass is 16.4. The van der Waals surface area contributed by atoms with Gasteiger partial charge in [-0.3, -0.25) is 9.59 Å². The summed E-state index contributed by atoms with van der Waals surface area (Å²) < 4.78 is 0. The molecule has 2 rings (SSSR count). The van der Waals surface area contributed by atoms with Gasteiger partial charge in [0, 0.05) is 19.0 Å². The second kappa shape index (κ2) is 4.90. The molecule has 1 saturated carbocycles. The number of carboxylic acids is 1. The minimum Gasteiger partial charge on any atom is -0.481 e. The number of hydrogen-bond donors (Lipinski definition) is 1. The van der Waals surface area contributed by atoms with Gasteiger partial charge in [-0.05, 0) is 32.6 Å². The Balaban J connectivity index is 1.91. The van der Waals surface area contributed by atoms with Crippen LogP contribution in [0.2, 0.25) is 0 Å². The van der Waals surface area contributed by atoms with E-state index in [4.69, 9.17) is 5.11 Å². The van der Waals surface area contributed by atoms with Crippen molar-refractivity contribution in [2.45, 2.75) is 32.6 Å². The Kier molecular flexibility index (Phi) is 3.50. The maximum absolute atomic E-state index is 12.2. The molecule has 0 aromatic carbocycles. The van der Waals surface area contributed by atoms with Crippen molar-refractivity contribution >= 4 is 11.9 Å². The highest BCUT2D eigenvalue weighted by Crippen LogP contribution is 2.32.